The number of hydrogen-bond acceptors (Lipinski definition) is 5. The van der Waals surface area contributed by atoms with E-state index in [1.165, 1.54) is 0 Å². The zero-order valence-corrected chi connectivity index (χ0v) is 9.39. The minimum atomic E-state index is 0. The van der Waals surface area contributed by atoms with Crippen LogP contribution in [0.2, 0.25) is 0 Å². The van der Waals surface area contributed by atoms with Gasteiger partial charge < -0.3 is 11.1 Å². The van der Waals surface area contributed by atoms with Crippen LogP contribution in [-0.2, 0) is 0 Å². The first-order chi connectivity index (χ1) is 7.42. The SMILES string of the molecule is Cl.NCCNc1nnnn1-c1ccccc1. The lowest BCUT2D eigenvalue weighted by Crippen LogP contribution is -2.16. The number of anilines is 1. The third kappa shape index (κ3) is 2.68. The van der Waals surface area contributed by atoms with E-state index in [1.807, 2.05) is 30.3 Å². The van der Waals surface area contributed by atoms with Crippen LogP contribution in [0.3, 0.4) is 0 Å². The maximum Gasteiger partial charge on any atom is 0.247 e. The molecule has 0 radical (unpaired) electrons. The van der Waals surface area contributed by atoms with Crippen LogP contribution < -0.4 is 11.1 Å². The number of nitrogens with one attached hydrogen (secondary N) is 1. The molecule has 2 aromatic rings. The Morgan fingerprint density at radius 2 is 2.00 bits per heavy atom. The van der Waals surface area contributed by atoms with Crippen LogP contribution in [0.1, 0.15) is 0 Å². The smallest absolute Gasteiger partial charge is 0.247 e. The molecule has 2 rings (SSSR count). The third-order valence-corrected chi connectivity index (χ3v) is 1.90. The number of para-hydroxylation sites is 1. The molecule has 0 saturated heterocycles. The maximum absolute atomic E-state index is 5.39. The monoisotopic (exact) mass is 240 g/mol. The van der Waals surface area contributed by atoms with Gasteiger partial charge in [0.15, 0.2) is 0 Å². The predicted molar refractivity (Wildman–Crippen MR) is 63.9 cm³/mol. The summed E-state index contributed by atoms with van der Waals surface area (Å²) < 4.78 is 1.63. The molecule has 1 aromatic heterocycles. The summed E-state index contributed by atoms with van der Waals surface area (Å²) in [5, 5.41) is 14.4. The molecule has 0 saturated carbocycles. The van der Waals surface area contributed by atoms with Crippen LogP contribution in [0, 0.1) is 0 Å². The summed E-state index contributed by atoms with van der Waals surface area (Å²) in [5.74, 6) is 0.603. The first kappa shape index (κ1) is 12.4. The second-order valence-corrected chi connectivity index (χ2v) is 2.97. The van der Waals surface area contributed by atoms with Crippen LogP contribution in [0.25, 0.3) is 5.69 Å². The van der Waals surface area contributed by atoms with Crippen LogP contribution in [0.15, 0.2) is 30.3 Å². The Morgan fingerprint density at radius 3 is 2.69 bits per heavy atom. The number of hydrogen-bond donors (Lipinski definition) is 2. The number of halogens is 1. The van der Waals surface area contributed by atoms with Gasteiger partial charge >= 0.3 is 0 Å². The Morgan fingerprint density at radius 1 is 1.25 bits per heavy atom. The number of aromatic nitrogens is 4. The molecule has 0 bridgehead atoms. The van der Waals surface area contributed by atoms with Gasteiger partial charge in [0.05, 0.1) is 5.69 Å². The fraction of sp³-hybridized carbons (Fsp3) is 0.222. The predicted octanol–water partition coefficient (Wildman–Crippen LogP) is 0.455. The molecule has 0 unspecified atom stereocenters. The van der Waals surface area contributed by atoms with Crippen molar-refractivity contribution >= 4 is 18.4 Å². The average molecular weight is 241 g/mol. The number of nitrogens with zero attached hydrogens (tertiary/aromatic N) is 4. The lowest BCUT2D eigenvalue weighted by atomic mass is 10.3. The largest absolute Gasteiger partial charge is 0.351 e. The van der Waals surface area contributed by atoms with Crippen molar-refractivity contribution in [2.75, 3.05) is 18.4 Å². The Hall–Kier alpha value is -1.66. The quantitative estimate of drug-likeness (QED) is 0.811. The molecule has 0 aliphatic heterocycles. The van der Waals surface area contributed by atoms with E-state index in [0.717, 1.165) is 5.69 Å². The second kappa shape index (κ2) is 6.04. The molecule has 16 heavy (non-hydrogen) atoms. The normalized spacial score (nSPS) is 9.56. The lowest BCUT2D eigenvalue weighted by Gasteiger charge is -2.04. The van der Waals surface area contributed by atoms with Gasteiger partial charge in [-0.1, -0.05) is 23.3 Å². The standard InChI is InChI=1S/C9H12N6.ClH/c10-6-7-11-9-12-13-14-15(9)8-4-2-1-3-5-8;/h1-5H,6-7,10H2,(H,11,12,14);1H. The second-order valence-electron chi connectivity index (χ2n) is 2.97. The Kier molecular flexibility index (Phi) is 4.68. The van der Waals surface area contributed by atoms with E-state index in [4.69, 9.17) is 5.73 Å². The zero-order chi connectivity index (χ0) is 10.5. The zero-order valence-electron chi connectivity index (χ0n) is 8.58. The summed E-state index contributed by atoms with van der Waals surface area (Å²) in [4.78, 5) is 0. The Labute approximate surface area is 99.2 Å². The molecule has 1 heterocycles. The fourth-order valence-electron chi connectivity index (χ4n) is 1.22. The van der Waals surface area contributed by atoms with Gasteiger partial charge in [-0.05, 0) is 22.6 Å². The fourth-order valence-corrected chi connectivity index (χ4v) is 1.22. The van der Waals surface area contributed by atoms with E-state index >= 15 is 0 Å². The van der Waals surface area contributed by atoms with Gasteiger partial charge in [-0.2, -0.15) is 4.68 Å². The van der Waals surface area contributed by atoms with Gasteiger partial charge in [-0.15, -0.1) is 12.4 Å². The average Bonchev–Trinajstić information content (AvgIpc) is 2.75. The molecule has 86 valence electrons. The minimum Gasteiger partial charge on any atom is -0.351 e. The highest BCUT2D eigenvalue weighted by atomic mass is 35.5. The molecule has 0 fully saturated rings. The summed E-state index contributed by atoms with van der Waals surface area (Å²) in [5.41, 5.74) is 6.31. The first-order valence-corrected chi connectivity index (χ1v) is 4.69. The minimum absolute atomic E-state index is 0. The number of rotatable bonds is 4. The third-order valence-electron chi connectivity index (χ3n) is 1.90. The highest BCUT2D eigenvalue weighted by molar-refractivity contribution is 5.85. The van der Waals surface area contributed by atoms with Crippen molar-refractivity contribution in [2.24, 2.45) is 5.73 Å². The van der Waals surface area contributed by atoms with Crippen LogP contribution in [0.4, 0.5) is 5.95 Å². The van der Waals surface area contributed by atoms with E-state index in [-0.39, 0.29) is 12.4 Å². The van der Waals surface area contributed by atoms with E-state index in [0.29, 0.717) is 19.0 Å². The summed E-state index contributed by atoms with van der Waals surface area (Å²) in [6, 6.07) is 9.68. The molecule has 3 N–H and O–H groups in total. The molecule has 6 nitrogen and oxygen atoms in total. The van der Waals surface area contributed by atoms with Crippen molar-refractivity contribution < 1.29 is 0 Å². The van der Waals surface area contributed by atoms with Gasteiger partial charge in [-0.25, -0.2) is 0 Å². The molecule has 7 heteroatoms. The van der Waals surface area contributed by atoms with Crippen molar-refractivity contribution in [3.05, 3.63) is 30.3 Å². The summed E-state index contributed by atoms with van der Waals surface area (Å²) in [6.45, 7) is 1.19. The van der Waals surface area contributed by atoms with Crippen LogP contribution in [0.5, 0.6) is 0 Å². The molecule has 1 aromatic carbocycles. The van der Waals surface area contributed by atoms with Gasteiger partial charge in [-0.3, -0.25) is 0 Å². The van der Waals surface area contributed by atoms with Crippen molar-refractivity contribution in [1.29, 1.82) is 0 Å². The molecular weight excluding hydrogens is 228 g/mol. The van der Waals surface area contributed by atoms with E-state index < -0.39 is 0 Å². The van der Waals surface area contributed by atoms with Crippen molar-refractivity contribution in [2.45, 2.75) is 0 Å². The number of nitrogens with two attached hydrogens (primary N) is 1. The molecule has 0 spiro atoms. The molecular formula is C9H13ClN6. The number of benzene rings is 1. The number of tetrazole rings is 1. The Balaban J connectivity index is 0.00000128. The molecule has 0 atom stereocenters. The first-order valence-electron chi connectivity index (χ1n) is 4.69. The highest BCUT2D eigenvalue weighted by Crippen LogP contribution is 2.09. The lowest BCUT2D eigenvalue weighted by molar-refractivity contribution is 0.789. The van der Waals surface area contributed by atoms with E-state index in [1.54, 1.807) is 4.68 Å². The summed E-state index contributed by atoms with van der Waals surface area (Å²) in [6.07, 6.45) is 0. The van der Waals surface area contributed by atoms with E-state index in [9.17, 15) is 0 Å². The van der Waals surface area contributed by atoms with Crippen molar-refractivity contribution in [1.82, 2.24) is 20.2 Å². The molecule has 0 aliphatic rings. The topological polar surface area (TPSA) is 81.7 Å². The van der Waals surface area contributed by atoms with Crippen molar-refractivity contribution in [3.63, 3.8) is 0 Å². The molecule has 0 amide bonds. The Bertz CT molecular complexity index is 415. The van der Waals surface area contributed by atoms with Crippen LogP contribution >= 0.6 is 12.4 Å². The van der Waals surface area contributed by atoms with E-state index in [2.05, 4.69) is 20.8 Å². The highest BCUT2D eigenvalue weighted by Gasteiger charge is 2.05. The van der Waals surface area contributed by atoms with Gasteiger partial charge in [0, 0.05) is 13.1 Å². The summed E-state index contributed by atoms with van der Waals surface area (Å²) in [7, 11) is 0. The van der Waals surface area contributed by atoms with Crippen LogP contribution in [-0.4, -0.2) is 33.3 Å². The molecule has 0 aliphatic carbocycles. The van der Waals surface area contributed by atoms with Gasteiger partial charge in [0.1, 0.15) is 0 Å². The maximum atomic E-state index is 5.39. The van der Waals surface area contributed by atoms with Gasteiger partial charge in [0.2, 0.25) is 5.95 Å². The summed E-state index contributed by atoms with van der Waals surface area (Å²) >= 11 is 0. The van der Waals surface area contributed by atoms with Gasteiger partial charge in [0.25, 0.3) is 0 Å². The van der Waals surface area contributed by atoms with Crippen molar-refractivity contribution in [3.8, 4) is 5.69 Å².